The van der Waals surface area contributed by atoms with Gasteiger partial charge in [-0.1, -0.05) is 73.3 Å². The average Bonchev–Trinajstić information content (AvgIpc) is 3.61. The Kier molecular flexibility index (Phi) is 15.6. The van der Waals surface area contributed by atoms with Crippen molar-refractivity contribution >= 4 is 20.4 Å². The highest BCUT2D eigenvalue weighted by atomic mass is 31.2. The number of nitrogens with zero attached hydrogens (tertiary/aromatic N) is 3. The summed E-state index contributed by atoms with van der Waals surface area (Å²) in [5.41, 5.74) is 0.716. The van der Waals surface area contributed by atoms with Gasteiger partial charge in [0.2, 0.25) is 0 Å². The molecule has 1 saturated heterocycles. The lowest BCUT2D eigenvalue weighted by Crippen LogP contribution is -2.41. The van der Waals surface area contributed by atoms with Crippen LogP contribution >= 0.6 is 8.53 Å². The standard InChI is InChI=1S/C43H53N4O9P/c1-9-26-52-42(49)45-39-24-25-46(41(48)44-39)40-28-37(38(55-40)29-54-57(53-27-10-2)47(30(3)4)31(5)6)56-43(32-14-12-11-13-15-32,33-16-20-35(50-7)21-17-33)34-18-22-36(51-8)23-19-34/h9-25,30-31,37-38,40H,1-2,26-29H2,3-8H3,(H,44,45,48,49)/t37-,38+,40+,57?/m0/s1. The highest BCUT2D eigenvalue weighted by Gasteiger charge is 2.47. The van der Waals surface area contributed by atoms with Gasteiger partial charge in [-0.25, -0.2) is 14.3 Å². The summed E-state index contributed by atoms with van der Waals surface area (Å²) in [5, 5.41) is 2.47. The van der Waals surface area contributed by atoms with Crippen molar-refractivity contribution in [3.8, 4) is 11.5 Å². The monoisotopic (exact) mass is 800 g/mol. The van der Waals surface area contributed by atoms with E-state index in [4.69, 9.17) is 32.7 Å². The number of ether oxygens (including phenoxy) is 5. The lowest BCUT2D eigenvalue weighted by Gasteiger charge is -2.39. The van der Waals surface area contributed by atoms with Gasteiger partial charge in [0.05, 0.1) is 33.5 Å². The Morgan fingerprint density at radius 2 is 1.47 bits per heavy atom. The third-order valence-electron chi connectivity index (χ3n) is 9.28. The predicted octanol–water partition coefficient (Wildman–Crippen LogP) is 8.22. The van der Waals surface area contributed by atoms with E-state index in [9.17, 15) is 9.59 Å². The third-order valence-corrected chi connectivity index (χ3v) is 11.3. The van der Waals surface area contributed by atoms with Crippen molar-refractivity contribution in [1.82, 2.24) is 14.2 Å². The van der Waals surface area contributed by atoms with Gasteiger partial charge in [-0.15, -0.1) is 6.58 Å². The number of amides is 1. The van der Waals surface area contributed by atoms with Crippen LogP contribution in [0.3, 0.4) is 0 Å². The molecule has 1 amide bonds. The zero-order valence-electron chi connectivity index (χ0n) is 33.4. The quantitative estimate of drug-likeness (QED) is 0.0527. The molecule has 1 N–H and O–H groups in total. The number of hydrogen-bond donors (Lipinski definition) is 1. The Balaban J connectivity index is 1.60. The summed E-state index contributed by atoms with van der Waals surface area (Å²) in [6.45, 7) is 16.1. The van der Waals surface area contributed by atoms with Gasteiger partial charge >= 0.3 is 11.8 Å². The summed E-state index contributed by atoms with van der Waals surface area (Å²) in [4.78, 5) is 29.8. The van der Waals surface area contributed by atoms with E-state index in [1.165, 1.54) is 22.9 Å². The zero-order valence-corrected chi connectivity index (χ0v) is 34.3. The maximum Gasteiger partial charge on any atom is 0.413 e. The second-order valence-corrected chi connectivity index (χ2v) is 15.2. The number of benzene rings is 3. The normalized spacial score (nSPS) is 17.4. The average molecular weight is 801 g/mol. The molecule has 57 heavy (non-hydrogen) atoms. The fourth-order valence-corrected chi connectivity index (χ4v) is 8.38. The molecule has 0 spiro atoms. The first-order valence-corrected chi connectivity index (χ1v) is 19.9. The summed E-state index contributed by atoms with van der Waals surface area (Å²) < 4.78 is 46.8. The van der Waals surface area contributed by atoms with Gasteiger partial charge in [-0.2, -0.15) is 4.98 Å². The number of carbonyl (C=O) groups is 1. The Hall–Kier alpha value is -4.88. The molecule has 1 fully saturated rings. The van der Waals surface area contributed by atoms with E-state index in [2.05, 4.69) is 55.8 Å². The lowest BCUT2D eigenvalue weighted by molar-refractivity contribution is -0.0974. The number of nitrogens with one attached hydrogen (secondary N) is 1. The molecule has 0 aliphatic carbocycles. The molecule has 1 unspecified atom stereocenters. The van der Waals surface area contributed by atoms with Gasteiger partial charge in [0.25, 0.3) is 8.53 Å². The highest BCUT2D eigenvalue weighted by Crippen LogP contribution is 2.49. The van der Waals surface area contributed by atoms with E-state index in [0.29, 0.717) is 18.1 Å². The molecule has 1 aliphatic heterocycles. The molecule has 13 nitrogen and oxygen atoms in total. The lowest BCUT2D eigenvalue weighted by atomic mass is 9.79. The first kappa shape index (κ1) is 43.2. The van der Waals surface area contributed by atoms with Crippen LogP contribution in [0.15, 0.2) is 121 Å². The first-order chi connectivity index (χ1) is 27.5. The maximum absolute atomic E-state index is 13.6. The van der Waals surface area contributed by atoms with Crippen molar-refractivity contribution in [2.75, 3.05) is 39.4 Å². The van der Waals surface area contributed by atoms with Gasteiger partial charge in [-0.05, 0) is 74.7 Å². The number of aromatic nitrogens is 2. The van der Waals surface area contributed by atoms with Crippen LogP contribution in [0.4, 0.5) is 10.6 Å². The van der Waals surface area contributed by atoms with Crippen LogP contribution in [-0.4, -0.2) is 78.6 Å². The van der Waals surface area contributed by atoms with Gasteiger partial charge in [0.15, 0.2) is 0 Å². The number of hydrogen-bond acceptors (Lipinski definition) is 11. The van der Waals surface area contributed by atoms with Crippen molar-refractivity contribution in [2.24, 2.45) is 0 Å². The molecule has 1 aromatic heterocycles. The van der Waals surface area contributed by atoms with Crippen LogP contribution in [0.2, 0.25) is 0 Å². The van der Waals surface area contributed by atoms with Gasteiger partial charge in [0.1, 0.15) is 41.9 Å². The number of methoxy groups -OCH3 is 2. The molecule has 4 aromatic rings. The molecular weight excluding hydrogens is 747 g/mol. The Morgan fingerprint density at radius 1 is 0.895 bits per heavy atom. The number of carbonyl (C=O) groups excluding carboxylic acids is 1. The first-order valence-electron chi connectivity index (χ1n) is 18.8. The van der Waals surface area contributed by atoms with Crippen LogP contribution < -0.4 is 20.5 Å². The van der Waals surface area contributed by atoms with Crippen LogP contribution in [0.5, 0.6) is 11.5 Å². The van der Waals surface area contributed by atoms with E-state index in [1.54, 1.807) is 20.3 Å². The summed E-state index contributed by atoms with van der Waals surface area (Å²) in [6.07, 6.45) is 2.00. The van der Waals surface area contributed by atoms with E-state index in [0.717, 1.165) is 16.7 Å². The summed E-state index contributed by atoms with van der Waals surface area (Å²) >= 11 is 0. The van der Waals surface area contributed by atoms with Crippen LogP contribution in [-0.2, 0) is 28.9 Å². The van der Waals surface area contributed by atoms with E-state index in [1.807, 2.05) is 78.9 Å². The van der Waals surface area contributed by atoms with E-state index < -0.39 is 44.3 Å². The molecular formula is C43H53N4O9P. The number of anilines is 1. The molecule has 4 atom stereocenters. The smallest absolute Gasteiger partial charge is 0.413 e. The Labute approximate surface area is 336 Å². The summed E-state index contributed by atoms with van der Waals surface area (Å²) in [7, 11) is 1.70. The molecule has 0 radical (unpaired) electrons. The minimum Gasteiger partial charge on any atom is -0.497 e. The third kappa shape index (κ3) is 10.6. The molecule has 304 valence electrons. The molecule has 14 heteroatoms. The highest BCUT2D eigenvalue weighted by molar-refractivity contribution is 7.44. The van der Waals surface area contributed by atoms with Crippen molar-refractivity contribution in [2.45, 2.75) is 70.2 Å². The summed E-state index contributed by atoms with van der Waals surface area (Å²) in [6, 6.07) is 27.3. The van der Waals surface area contributed by atoms with Gasteiger partial charge in [-0.3, -0.25) is 9.88 Å². The second kappa shape index (κ2) is 20.5. The van der Waals surface area contributed by atoms with Crippen molar-refractivity contribution in [1.29, 1.82) is 0 Å². The van der Waals surface area contributed by atoms with Gasteiger partial charge in [0, 0.05) is 24.7 Å². The molecule has 3 aromatic carbocycles. The molecule has 2 heterocycles. The largest absolute Gasteiger partial charge is 0.497 e. The molecule has 5 rings (SSSR count). The van der Waals surface area contributed by atoms with Crippen LogP contribution in [0.25, 0.3) is 0 Å². The fraction of sp³-hybridized carbons (Fsp3) is 0.372. The second-order valence-electron chi connectivity index (χ2n) is 13.7. The van der Waals surface area contributed by atoms with Crippen molar-refractivity contribution < 1.29 is 37.5 Å². The van der Waals surface area contributed by atoms with Crippen molar-refractivity contribution in [3.63, 3.8) is 0 Å². The van der Waals surface area contributed by atoms with E-state index in [-0.39, 0.29) is 37.5 Å². The predicted molar refractivity (Wildman–Crippen MR) is 221 cm³/mol. The molecule has 0 bridgehead atoms. The SMILES string of the molecule is C=CCOC(=O)Nc1ccn([C@H]2C[C@H](OC(c3ccccc3)(c3ccc(OC)cc3)c3ccc(OC)cc3)[C@@H](COP(OCC=C)N(C(C)C)C(C)C)O2)c(=O)n1. The maximum atomic E-state index is 13.6. The minimum atomic E-state index is -1.55. The summed E-state index contributed by atoms with van der Waals surface area (Å²) in [5.74, 6) is 1.42. The Morgan fingerprint density at radius 3 is 2.00 bits per heavy atom. The molecule has 1 aliphatic rings. The minimum absolute atomic E-state index is 0.00804. The van der Waals surface area contributed by atoms with Crippen LogP contribution in [0.1, 0.15) is 57.0 Å². The zero-order chi connectivity index (χ0) is 41.0. The Bertz CT molecular complexity index is 1900. The fourth-order valence-electron chi connectivity index (χ4n) is 6.78. The molecule has 0 saturated carbocycles. The topological polar surface area (TPSA) is 132 Å². The van der Waals surface area contributed by atoms with Crippen LogP contribution in [0, 0.1) is 0 Å². The van der Waals surface area contributed by atoms with Crippen molar-refractivity contribution in [3.05, 3.63) is 144 Å². The van der Waals surface area contributed by atoms with Gasteiger partial charge < -0.3 is 32.7 Å². The van der Waals surface area contributed by atoms with E-state index >= 15 is 0 Å². The number of rotatable bonds is 20.